The van der Waals surface area contributed by atoms with E-state index in [9.17, 15) is 19.5 Å². The highest BCUT2D eigenvalue weighted by molar-refractivity contribution is 8.01. The van der Waals surface area contributed by atoms with Crippen LogP contribution in [-0.4, -0.2) is 89.7 Å². The number of aliphatic carboxylic acids is 1. The number of carboxylic acid groups (broad SMARTS) is 1. The molecule has 4 rings (SSSR count). The van der Waals surface area contributed by atoms with Crippen LogP contribution in [0.4, 0.5) is 0 Å². The van der Waals surface area contributed by atoms with Crippen LogP contribution in [0.5, 0.6) is 0 Å². The monoisotopic (exact) mass is 536 g/mol. The number of hydrogen-bond donors (Lipinski definition) is 4. The van der Waals surface area contributed by atoms with Crippen LogP contribution in [0, 0.1) is 0 Å². The molecule has 1 fully saturated rings. The minimum absolute atomic E-state index is 0.112. The molecule has 16 heteroatoms. The standard InChI is InChI=1S/C20H24N8O6S2/c1-2-7-34-25-13(11-4-3-8-33-11)16(29)22-14-17(30)28-15(19(31)32)10(9-35-18(14)28)12(5-6-21)36-20-23-26-27-24-20/h3-4,8,12,14,18H,2,5-7,9,21H2,1H3,(H,22,29)(H,31,32)(H,23,24,26,27)/t12?,14?,18-/m0/s1. The molecule has 0 bridgehead atoms. The van der Waals surface area contributed by atoms with Crippen LogP contribution in [0.15, 0.2) is 44.4 Å². The molecule has 2 aliphatic heterocycles. The molecule has 5 N–H and O–H groups in total. The van der Waals surface area contributed by atoms with Crippen molar-refractivity contribution in [2.75, 3.05) is 18.9 Å². The molecule has 0 aliphatic carbocycles. The second-order valence-corrected chi connectivity index (χ2v) is 9.98. The van der Waals surface area contributed by atoms with Gasteiger partial charge in [-0.1, -0.05) is 23.8 Å². The molecule has 0 spiro atoms. The van der Waals surface area contributed by atoms with Crippen molar-refractivity contribution in [3.63, 3.8) is 0 Å². The summed E-state index contributed by atoms with van der Waals surface area (Å²) in [5, 5.41) is 29.5. The number of nitrogens with two attached hydrogens (primary N) is 1. The summed E-state index contributed by atoms with van der Waals surface area (Å²) in [6, 6.07) is 2.21. The Labute approximate surface area is 213 Å². The molecule has 0 aromatic carbocycles. The minimum atomic E-state index is -1.24. The summed E-state index contributed by atoms with van der Waals surface area (Å²) >= 11 is 2.60. The molecule has 2 aromatic heterocycles. The van der Waals surface area contributed by atoms with E-state index in [-0.39, 0.29) is 22.4 Å². The number of furan rings is 1. The fourth-order valence-electron chi connectivity index (χ4n) is 3.70. The van der Waals surface area contributed by atoms with E-state index in [0.29, 0.717) is 42.5 Å². The molecule has 2 unspecified atom stereocenters. The number of nitrogens with one attached hydrogen (secondary N) is 2. The highest BCUT2D eigenvalue weighted by atomic mass is 32.2. The number of nitrogens with zero attached hydrogens (tertiary/aromatic N) is 5. The molecule has 14 nitrogen and oxygen atoms in total. The second kappa shape index (κ2) is 11.6. The zero-order valence-corrected chi connectivity index (χ0v) is 20.8. The first-order chi connectivity index (χ1) is 17.5. The predicted octanol–water partition coefficient (Wildman–Crippen LogP) is 0.172. The largest absolute Gasteiger partial charge is 0.477 e. The summed E-state index contributed by atoms with van der Waals surface area (Å²) in [6.07, 6.45) is 2.53. The summed E-state index contributed by atoms with van der Waals surface area (Å²) in [7, 11) is 0. The third-order valence-corrected chi connectivity index (χ3v) is 7.81. The number of carboxylic acids is 1. The van der Waals surface area contributed by atoms with E-state index in [1.807, 2.05) is 6.92 Å². The lowest BCUT2D eigenvalue weighted by molar-refractivity contribution is -0.150. The van der Waals surface area contributed by atoms with Gasteiger partial charge in [0.2, 0.25) is 10.9 Å². The van der Waals surface area contributed by atoms with Crippen molar-refractivity contribution < 1.29 is 28.7 Å². The van der Waals surface area contributed by atoms with Gasteiger partial charge in [-0.25, -0.2) is 9.89 Å². The Bertz CT molecular complexity index is 1150. The number of oxime groups is 1. The minimum Gasteiger partial charge on any atom is -0.477 e. The zero-order valence-electron chi connectivity index (χ0n) is 19.1. The van der Waals surface area contributed by atoms with Crippen LogP contribution in [0.2, 0.25) is 0 Å². The number of carbonyl (C=O) groups is 3. The van der Waals surface area contributed by atoms with E-state index in [1.165, 1.54) is 34.7 Å². The van der Waals surface area contributed by atoms with Crippen molar-refractivity contribution in [2.45, 2.75) is 41.6 Å². The number of hydrogen-bond acceptors (Lipinski definition) is 12. The van der Waals surface area contributed by atoms with Crippen LogP contribution < -0.4 is 11.1 Å². The van der Waals surface area contributed by atoms with Gasteiger partial charge in [0.1, 0.15) is 23.7 Å². The number of rotatable bonds is 12. The number of carbonyl (C=O) groups excluding carboxylic acids is 2. The molecular weight excluding hydrogens is 512 g/mol. The molecule has 36 heavy (non-hydrogen) atoms. The molecule has 0 radical (unpaired) electrons. The van der Waals surface area contributed by atoms with Crippen molar-refractivity contribution in [1.82, 2.24) is 30.8 Å². The van der Waals surface area contributed by atoms with Crippen molar-refractivity contribution >= 4 is 47.0 Å². The van der Waals surface area contributed by atoms with E-state index in [2.05, 4.69) is 31.1 Å². The smallest absolute Gasteiger partial charge is 0.352 e. The summed E-state index contributed by atoms with van der Waals surface area (Å²) in [4.78, 5) is 44.7. The highest BCUT2D eigenvalue weighted by Crippen LogP contribution is 2.44. The molecule has 0 saturated carbocycles. The van der Waals surface area contributed by atoms with E-state index in [4.69, 9.17) is 15.0 Å². The van der Waals surface area contributed by atoms with Crippen LogP contribution in [0.3, 0.4) is 0 Å². The Hall–Kier alpha value is -3.37. The lowest BCUT2D eigenvalue weighted by atomic mass is 10.00. The van der Waals surface area contributed by atoms with Gasteiger partial charge in [0.05, 0.1) is 6.26 Å². The summed E-state index contributed by atoms with van der Waals surface area (Å²) in [5.74, 6) is -1.94. The third-order valence-electron chi connectivity index (χ3n) is 5.31. The molecule has 192 valence electrons. The van der Waals surface area contributed by atoms with Gasteiger partial charge in [-0.05, 0) is 47.5 Å². The average Bonchev–Trinajstić information content (AvgIpc) is 3.58. The highest BCUT2D eigenvalue weighted by Gasteiger charge is 2.55. The molecule has 2 amide bonds. The van der Waals surface area contributed by atoms with Gasteiger partial charge in [0.25, 0.3) is 11.8 Å². The number of aromatic nitrogens is 4. The summed E-state index contributed by atoms with van der Waals surface area (Å²) in [6.45, 7) is 2.49. The number of β-lactam (4-membered cyclic amide) rings is 1. The van der Waals surface area contributed by atoms with Gasteiger partial charge >= 0.3 is 5.97 Å². The fraction of sp³-hybridized carbons (Fsp3) is 0.450. The van der Waals surface area contributed by atoms with Gasteiger partial charge < -0.3 is 25.4 Å². The second-order valence-electron chi connectivity index (χ2n) is 7.68. The summed E-state index contributed by atoms with van der Waals surface area (Å²) in [5.41, 5.74) is 6.08. The van der Waals surface area contributed by atoms with Crippen LogP contribution in [0.1, 0.15) is 25.5 Å². The number of tetrazole rings is 1. The Balaban J connectivity index is 1.54. The average molecular weight is 537 g/mol. The lowest BCUT2D eigenvalue weighted by Crippen LogP contribution is -2.71. The maximum atomic E-state index is 13.1. The van der Waals surface area contributed by atoms with Gasteiger partial charge in [0, 0.05) is 11.0 Å². The Kier molecular flexibility index (Phi) is 8.27. The Morgan fingerprint density at radius 1 is 1.53 bits per heavy atom. The van der Waals surface area contributed by atoms with Crippen LogP contribution >= 0.6 is 23.5 Å². The molecular formula is C20H24N8O6S2. The topological polar surface area (TPSA) is 202 Å². The number of H-pyrrole nitrogens is 1. The number of fused-ring (bicyclic) bond motifs is 1. The van der Waals surface area contributed by atoms with Gasteiger partial charge in [-0.2, -0.15) is 0 Å². The number of amides is 2. The van der Waals surface area contributed by atoms with E-state index in [1.54, 1.807) is 12.1 Å². The van der Waals surface area contributed by atoms with E-state index in [0.717, 1.165) is 0 Å². The molecule has 1 saturated heterocycles. The first-order valence-corrected chi connectivity index (χ1v) is 12.9. The Morgan fingerprint density at radius 2 is 2.36 bits per heavy atom. The maximum absolute atomic E-state index is 13.1. The van der Waals surface area contributed by atoms with Crippen molar-refractivity contribution in [2.24, 2.45) is 10.9 Å². The molecule has 2 aliphatic rings. The molecule has 2 aromatic rings. The van der Waals surface area contributed by atoms with Gasteiger partial charge in [-0.3, -0.25) is 14.5 Å². The SMILES string of the molecule is CCCON=C(C(=O)NC1C(=O)N2C(C(=O)O)=C(C(CCN)Sc3nnn[nH]3)CS[C@@H]12)c1ccco1. The fourth-order valence-corrected chi connectivity index (χ4v) is 6.27. The molecule has 3 atom stereocenters. The quantitative estimate of drug-likeness (QED) is 0.0943. The van der Waals surface area contributed by atoms with E-state index >= 15 is 0 Å². The zero-order chi connectivity index (χ0) is 25.7. The van der Waals surface area contributed by atoms with Gasteiger partial charge in [-0.15, -0.1) is 16.9 Å². The number of aromatic amines is 1. The lowest BCUT2D eigenvalue weighted by Gasteiger charge is -2.50. The first kappa shape index (κ1) is 25.7. The normalized spacial score (nSPS) is 20.6. The van der Waals surface area contributed by atoms with Crippen LogP contribution in [-0.2, 0) is 19.2 Å². The Morgan fingerprint density at radius 3 is 3.00 bits per heavy atom. The van der Waals surface area contributed by atoms with Crippen molar-refractivity contribution in [3.8, 4) is 0 Å². The van der Waals surface area contributed by atoms with Gasteiger partial charge in [0.15, 0.2) is 5.76 Å². The molecule has 4 heterocycles. The van der Waals surface area contributed by atoms with E-state index < -0.39 is 29.2 Å². The predicted molar refractivity (Wildman–Crippen MR) is 129 cm³/mol. The first-order valence-electron chi connectivity index (χ1n) is 11.0. The van der Waals surface area contributed by atoms with Crippen molar-refractivity contribution in [1.29, 1.82) is 0 Å². The van der Waals surface area contributed by atoms with Crippen LogP contribution in [0.25, 0.3) is 0 Å². The third kappa shape index (κ3) is 5.24. The maximum Gasteiger partial charge on any atom is 0.352 e. The summed E-state index contributed by atoms with van der Waals surface area (Å²) < 4.78 is 5.28. The van der Waals surface area contributed by atoms with Crippen molar-refractivity contribution in [3.05, 3.63) is 35.4 Å². The number of thioether (sulfide) groups is 2.